The van der Waals surface area contributed by atoms with Crippen LogP contribution >= 0.6 is 0 Å². The number of rotatable bonds is 11. The second-order valence-corrected chi connectivity index (χ2v) is 11.0. The number of aliphatic carboxylic acids is 1. The minimum absolute atomic E-state index is 0.411. The number of unbranched alkanes of at least 4 members (excludes halogenated alkanes) is 6. The zero-order chi connectivity index (χ0) is 22.2. The number of hydrogen-bond donors (Lipinski definition) is 1. The van der Waals surface area contributed by atoms with Crippen molar-refractivity contribution in [3.05, 3.63) is 0 Å². The molecule has 0 aromatic rings. The zero-order valence-corrected chi connectivity index (χ0v) is 21.0. The lowest BCUT2D eigenvalue weighted by molar-refractivity contribution is -0.160. The number of carboxylic acids is 1. The van der Waals surface area contributed by atoms with Gasteiger partial charge in [-0.2, -0.15) is 0 Å². The minimum Gasteiger partial charge on any atom is -0.481 e. The van der Waals surface area contributed by atoms with Crippen molar-refractivity contribution < 1.29 is 9.90 Å². The molecule has 0 aliphatic heterocycles. The van der Waals surface area contributed by atoms with E-state index in [1.54, 1.807) is 0 Å². The van der Waals surface area contributed by atoms with Crippen molar-refractivity contribution in [1.82, 2.24) is 0 Å². The van der Waals surface area contributed by atoms with Crippen LogP contribution in [0.1, 0.15) is 161 Å². The maximum Gasteiger partial charge on any atom is 0.310 e. The number of hydrogen-bond acceptors (Lipinski definition) is 1. The van der Waals surface area contributed by atoms with Gasteiger partial charge in [0.25, 0.3) is 0 Å². The molecule has 0 radical (unpaired) electrons. The molecule has 2 heteroatoms. The number of carbonyl (C=O) groups is 1. The summed E-state index contributed by atoms with van der Waals surface area (Å²) in [4.78, 5) is 13.2. The van der Waals surface area contributed by atoms with Crippen molar-refractivity contribution in [1.29, 1.82) is 0 Å². The molecule has 0 aromatic heterocycles. The smallest absolute Gasteiger partial charge is 0.310 e. The summed E-state index contributed by atoms with van der Waals surface area (Å²) in [5, 5.41) is 10.9. The predicted molar refractivity (Wildman–Crippen MR) is 134 cm³/mol. The van der Waals surface area contributed by atoms with Crippen molar-refractivity contribution in [3.8, 4) is 0 Å². The van der Waals surface area contributed by atoms with Crippen LogP contribution in [0.5, 0.6) is 0 Å². The third kappa shape index (κ3) is 9.09. The van der Waals surface area contributed by atoms with E-state index in [9.17, 15) is 9.90 Å². The van der Waals surface area contributed by atoms with Crippen LogP contribution in [0.4, 0.5) is 0 Å². The van der Waals surface area contributed by atoms with Crippen molar-refractivity contribution in [3.63, 3.8) is 0 Å². The Morgan fingerprint density at radius 2 is 0.968 bits per heavy atom. The van der Waals surface area contributed by atoms with Gasteiger partial charge >= 0.3 is 5.97 Å². The topological polar surface area (TPSA) is 37.3 Å². The molecule has 0 heterocycles. The van der Waals surface area contributed by atoms with Gasteiger partial charge in [0, 0.05) is 0 Å². The second kappa shape index (κ2) is 16.1. The van der Waals surface area contributed by atoms with Gasteiger partial charge in [-0.3, -0.25) is 4.79 Å². The van der Waals surface area contributed by atoms with E-state index in [2.05, 4.69) is 6.92 Å². The monoisotopic (exact) mass is 434 g/mol. The Bertz CT molecular complexity index is 414. The average Bonchev–Trinajstić information content (AvgIpc) is 2.99. The van der Waals surface area contributed by atoms with Crippen molar-refractivity contribution in [2.75, 3.05) is 0 Å². The van der Waals surface area contributed by atoms with E-state index in [-0.39, 0.29) is 0 Å². The van der Waals surface area contributed by atoms with Gasteiger partial charge in [0.1, 0.15) is 0 Å². The van der Waals surface area contributed by atoms with Gasteiger partial charge in [0.05, 0.1) is 5.41 Å². The molecule has 0 saturated heterocycles. The van der Waals surface area contributed by atoms with Crippen molar-refractivity contribution >= 4 is 5.97 Å². The quantitative estimate of drug-likeness (QED) is 0.328. The molecule has 2 fully saturated rings. The second-order valence-electron chi connectivity index (χ2n) is 11.0. The van der Waals surface area contributed by atoms with Gasteiger partial charge in [-0.25, -0.2) is 0 Å². The van der Waals surface area contributed by atoms with Gasteiger partial charge < -0.3 is 5.11 Å². The maximum atomic E-state index is 13.2. The molecular formula is C29H54O2. The highest BCUT2D eigenvalue weighted by atomic mass is 16.4. The van der Waals surface area contributed by atoms with Crippen molar-refractivity contribution in [2.24, 2.45) is 17.3 Å². The van der Waals surface area contributed by atoms with E-state index in [0.29, 0.717) is 11.8 Å². The van der Waals surface area contributed by atoms with E-state index >= 15 is 0 Å². The van der Waals surface area contributed by atoms with Crippen LogP contribution in [0.2, 0.25) is 0 Å². The molecule has 0 spiro atoms. The summed E-state index contributed by atoms with van der Waals surface area (Å²) in [7, 11) is 0. The normalized spacial score (nSPS) is 21.3. The maximum absolute atomic E-state index is 13.2. The summed E-state index contributed by atoms with van der Waals surface area (Å²) in [5.74, 6) is 0.398. The Hall–Kier alpha value is -0.530. The van der Waals surface area contributed by atoms with Gasteiger partial charge in [0.2, 0.25) is 0 Å². The first kappa shape index (κ1) is 26.7. The molecule has 0 amide bonds. The van der Waals surface area contributed by atoms with Gasteiger partial charge in [0.15, 0.2) is 0 Å². The Kier molecular flexibility index (Phi) is 13.9. The molecule has 0 atom stereocenters. The summed E-state index contributed by atoms with van der Waals surface area (Å²) >= 11 is 0. The SMILES string of the molecule is CCCCCCCCCC(C(=O)O)(C1CCCCCCCC1)C1CCCCCCCC1. The van der Waals surface area contributed by atoms with Gasteiger partial charge in [-0.1, -0.05) is 129 Å². The minimum atomic E-state index is -0.446. The first-order valence-corrected chi connectivity index (χ1v) is 14.4. The fraction of sp³-hybridized carbons (Fsp3) is 0.966. The molecule has 2 aliphatic rings. The van der Waals surface area contributed by atoms with Gasteiger partial charge in [-0.15, -0.1) is 0 Å². The fourth-order valence-electron chi connectivity index (χ4n) is 6.87. The highest BCUT2D eigenvalue weighted by Crippen LogP contribution is 2.50. The first-order chi connectivity index (χ1) is 15.2. The summed E-state index contributed by atoms with van der Waals surface area (Å²) in [5.41, 5.74) is -0.446. The van der Waals surface area contributed by atoms with E-state index < -0.39 is 11.4 Å². The Morgan fingerprint density at radius 1 is 0.613 bits per heavy atom. The lowest BCUT2D eigenvalue weighted by atomic mass is 9.59. The standard InChI is InChI=1S/C29H54O2/c1-2-3-4-5-10-15-20-25-29(28(30)31,26-21-16-11-6-7-12-17-22-26)27-23-18-13-8-9-14-19-24-27/h26-27H,2-25H2,1H3,(H,30,31). The number of carboxylic acid groups (broad SMARTS) is 1. The third-order valence-electron chi connectivity index (χ3n) is 8.76. The van der Waals surface area contributed by atoms with Crippen LogP contribution in [0, 0.1) is 17.3 Å². The van der Waals surface area contributed by atoms with E-state index in [4.69, 9.17) is 0 Å². The molecule has 1 N–H and O–H groups in total. The Balaban J connectivity index is 2.15. The summed E-state index contributed by atoms with van der Waals surface area (Å²) < 4.78 is 0. The fourth-order valence-corrected chi connectivity index (χ4v) is 6.87. The summed E-state index contributed by atoms with van der Waals surface area (Å²) in [6.45, 7) is 2.27. The Morgan fingerprint density at radius 3 is 1.35 bits per heavy atom. The Labute approximate surface area is 194 Å². The van der Waals surface area contributed by atoms with E-state index in [1.165, 1.54) is 141 Å². The van der Waals surface area contributed by atoms with Crippen LogP contribution in [0.3, 0.4) is 0 Å². The molecule has 0 bridgehead atoms. The summed E-state index contributed by atoms with van der Waals surface area (Å²) in [6.07, 6.45) is 30.3. The van der Waals surface area contributed by atoms with E-state index in [0.717, 1.165) is 12.8 Å². The van der Waals surface area contributed by atoms with Gasteiger partial charge in [-0.05, 0) is 43.9 Å². The molecule has 0 unspecified atom stereocenters. The zero-order valence-electron chi connectivity index (χ0n) is 21.0. The van der Waals surface area contributed by atoms with Crippen LogP contribution in [-0.2, 0) is 4.79 Å². The molecule has 2 saturated carbocycles. The third-order valence-corrected chi connectivity index (χ3v) is 8.76. The molecule has 2 rings (SSSR count). The van der Waals surface area contributed by atoms with E-state index in [1.807, 2.05) is 0 Å². The van der Waals surface area contributed by atoms with Crippen LogP contribution in [-0.4, -0.2) is 11.1 Å². The van der Waals surface area contributed by atoms with Crippen LogP contribution in [0.15, 0.2) is 0 Å². The lowest BCUT2D eigenvalue weighted by Gasteiger charge is -2.44. The molecule has 2 aliphatic carbocycles. The first-order valence-electron chi connectivity index (χ1n) is 14.4. The molecule has 182 valence electrons. The molecular weight excluding hydrogens is 380 g/mol. The lowest BCUT2D eigenvalue weighted by Crippen LogP contribution is -2.45. The largest absolute Gasteiger partial charge is 0.481 e. The highest BCUT2D eigenvalue weighted by Gasteiger charge is 2.49. The molecule has 0 aromatic carbocycles. The summed E-state index contributed by atoms with van der Waals surface area (Å²) in [6, 6.07) is 0. The average molecular weight is 435 g/mol. The molecule has 31 heavy (non-hydrogen) atoms. The van der Waals surface area contributed by atoms with Crippen molar-refractivity contribution in [2.45, 2.75) is 161 Å². The molecule has 2 nitrogen and oxygen atoms in total. The van der Waals surface area contributed by atoms with Crippen LogP contribution in [0.25, 0.3) is 0 Å². The predicted octanol–water partition coefficient (Wildman–Crippen LogP) is 9.70. The highest BCUT2D eigenvalue weighted by molar-refractivity contribution is 5.75. The van der Waals surface area contributed by atoms with Crippen LogP contribution < -0.4 is 0 Å².